The third kappa shape index (κ3) is 6.14. The van der Waals surface area contributed by atoms with Gasteiger partial charge in [-0.1, -0.05) is 30.3 Å². The summed E-state index contributed by atoms with van der Waals surface area (Å²) in [5.74, 6) is -0.585. The van der Waals surface area contributed by atoms with Crippen molar-refractivity contribution in [1.29, 1.82) is 0 Å². The molecule has 0 aromatic heterocycles. The second-order valence-corrected chi connectivity index (χ2v) is 6.55. The van der Waals surface area contributed by atoms with E-state index in [0.29, 0.717) is 16.9 Å². The van der Waals surface area contributed by atoms with Gasteiger partial charge in [0.2, 0.25) is 0 Å². The maximum atomic E-state index is 12.1. The summed E-state index contributed by atoms with van der Waals surface area (Å²) in [5, 5.41) is 10.8. The number of aryl methyl sites for hydroxylation is 1. The summed E-state index contributed by atoms with van der Waals surface area (Å²) in [4.78, 5) is 34.4. The van der Waals surface area contributed by atoms with Gasteiger partial charge in [0, 0.05) is 11.6 Å². The minimum atomic E-state index is -0.657. The van der Waals surface area contributed by atoms with Crippen molar-refractivity contribution in [3.8, 4) is 11.5 Å². The van der Waals surface area contributed by atoms with Crippen LogP contribution in [0.4, 0.5) is 5.69 Å². The lowest BCUT2D eigenvalue weighted by Crippen LogP contribution is -2.17. The fourth-order valence-electron chi connectivity index (χ4n) is 2.69. The quantitative estimate of drug-likeness (QED) is 0.232. The summed E-state index contributed by atoms with van der Waals surface area (Å²) in [6, 6.07) is 19.5. The van der Waals surface area contributed by atoms with Gasteiger partial charge in [-0.3, -0.25) is 10.1 Å². The van der Waals surface area contributed by atoms with Crippen molar-refractivity contribution in [2.24, 2.45) is 0 Å². The van der Waals surface area contributed by atoms with Gasteiger partial charge in [0.15, 0.2) is 6.61 Å². The van der Waals surface area contributed by atoms with E-state index < -0.39 is 16.9 Å². The van der Waals surface area contributed by atoms with Gasteiger partial charge in [0.1, 0.15) is 18.1 Å². The largest absolute Gasteiger partial charge is 0.482 e. The third-order valence-electron chi connectivity index (χ3n) is 4.26. The van der Waals surface area contributed by atoms with Crippen LogP contribution in [0.5, 0.6) is 11.5 Å². The number of hydrogen-bond donors (Lipinski definition) is 0. The van der Waals surface area contributed by atoms with E-state index >= 15 is 0 Å². The standard InChI is InChI=1S/C23H19NO7/c1-16-13-20(11-12-21(16)24(27)28)29-15-22(25)31-19-9-7-18(8-10-19)23(26)30-14-17-5-3-2-4-6-17/h2-13H,14-15H2,1H3. The zero-order valence-corrected chi connectivity index (χ0v) is 16.6. The number of carbonyl (C=O) groups is 2. The average molecular weight is 421 g/mol. The summed E-state index contributed by atoms with van der Waals surface area (Å²) in [6.07, 6.45) is 0. The molecule has 8 heteroatoms. The SMILES string of the molecule is Cc1cc(OCC(=O)Oc2ccc(C(=O)OCc3ccccc3)cc2)ccc1[N+](=O)[O-]. The molecule has 0 bridgehead atoms. The van der Waals surface area contributed by atoms with E-state index in [0.717, 1.165) is 5.56 Å². The Labute approximate surface area is 178 Å². The number of benzene rings is 3. The van der Waals surface area contributed by atoms with Crippen LogP contribution in [0.25, 0.3) is 0 Å². The summed E-state index contributed by atoms with van der Waals surface area (Å²) >= 11 is 0. The van der Waals surface area contributed by atoms with Gasteiger partial charge in [-0.25, -0.2) is 9.59 Å². The molecule has 3 aromatic rings. The van der Waals surface area contributed by atoms with E-state index in [4.69, 9.17) is 14.2 Å². The van der Waals surface area contributed by atoms with Gasteiger partial charge in [-0.05, 0) is 48.9 Å². The second-order valence-electron chi connectivity index (χ2n) is 6.55. The second kappa shape index (κ2) is 10.0. The number of ether oxygens (including phenoxy) is 3. The maximum Gasteiger partial charge on any atom is 0.349 e. The van der Waals surface area contributed by atoms with E-state index in [-0.39, 0.29) is 24.7 Å². The van der Waals surface area contributed by atoms with Crippen molar-refractivity contribution < 1.29 is 28.7 Å². The molecule has 31 heavy (non-hydrogen) atoms. The van der Waals surface area contributed by atoms with Crippen molar-refractivity contribution in [3.05, 3.63) is 99.6 Å². The maximum absolute atomic E-state index is 12.1. The van der Waals surface area contributed by atoms with E-state index in [2.05, 4.69) is 0 Å². The first kappa shape index (κ1) is 21.5. The van der Waals surface area contributed by atoms with Crippen molar-refractivity contribution in [2.75, 3.05) is 6.61 Å². The van der Waals surface area contributed by atoms with Gasteiger partial charge >= 0.3 is 11.9 Å². The van der Waals surface area contributed by atoms with Crippen LogP contribution < -0.4 is 9.47 Å². The molecule has 0 amide bonds. The van der Waals surface area contributed by atoms with E-state index in [1.807, 2.05) is 30.3 Å². The monoisotopic (exact) mass is 421 g/mol. The number of carbonyl (C=O) groups excluding carboxylic acids is 2. The minimum Gasteiger partial charge on any atom is -0.482 e. The summed E-state index contributed by atoms with van der Waals surface area (Å²) < 4.78 is 15.7. The van der Waals surface area contributed by atoms with Gasteiger partial charge in [-0.2, -0.15) is 0 Å². The third-order valence-corrected chi connectivity index (χ3v) is 4.26. The lowest BCUT2D eigenvalue weighted by Gasteiger charge is -2.08. The Hall–Kier alpha value is -4.20. The first-order valence-corrected chi connectivity index (χ1v) is 9.32. The average Bonchev–Trinajstić information content (AvgIpc) is 2.77. The van der Waals surface area contributed by atoms with Crippen molar-refractivity contribution >= 4 is 17.6 Å². The number of nitro groups is 1. The number of esters is 2. The van der Waals surface area contributed by atoms with Crippen LogP contribution in [0.1, 0.15) is 21.5 Å². The summed E-state index contributed by atoms with van der Waals surface area (Å²) in [5.41, 5.74) is 1.60. The van der Waals surface area contributed by atoms with Gasteiger partial charge in [0.05, 0.1) is 10.5 Å². The van der Waals surface area contributed by atoms with Crippen LogP contribution in [0.2, 0.25) is 0 Å². The Bertz CT molecular complexity index is 1080. The van der Waals surface area contributed by atoms with Crippen LogP contribution >= 0.6 is 0 Å². The molecule has 0 aliphatic rings. The number of nitrogens with zero attached hydrogens (tertiary/aromatic N) is 1. The first-order chi connectivity index (χ1) is 14.9. The Morgan fingerprint density at radius 3 is 2.26 bits per heavy atom. The fraction of sp³-hybridized carbons (Fsp3) is 0.130. The molecular weight excluding hydrogens is 402 g/mol. The molecule has 0 radical (unpaired) electrons. The highest BCUT2D eigenvalue weighted by Gasteiger charge is 2.13. The molecule has 0 aliphatic heterocycles. The molecule has 0 heterocycles. The zero-order valence-electron chi connectivity index (χ0n) is 16.6. The topological polar surface area (TPSA) is 105 Å². The molecule has 0 saturated carbocycles. The molecule has 0 aliphatic carbocycles. The Balaban J connectivity index is 1.49. The molecule has 0 atom stereocenters. The lowest BCUT2D eigenvalue weighted by molar-refractivity contribution is -0.385. The Morgan fingerprint density at radius 1 is 0.935 bits per heavy atom. The molecule has 0 saturated heterocycles. The molecule has 0 spiro atoms. The van der Waals surface area contributed by atoms with E-state index in [1.165, 1.54) is 42.5 Å². The molecule has 3 aromatic carbocycles. The molecule has 0 N–H and O–H groups in total. The zero-order chi connectivity index (χ0) is 22.2. The molecule has 3 rings (SSSR count). The smallest absolute Gasteiger partial charge is 0.349 e. The highest BCUT2D eigenvalue weighted by atomic mass is 16.6. The number of nitro benzene ring substituents is 1. The van der Waals surface area contributed by atoms with E-state index in [9.17, 15) is 19.7 Å². The summed E-state index contributed by atoms with van der Waals surface area (Å²) in [6.45, 7) is 1.36. The molecule has 0 fully saturated rings. The van der Waals surface area contributed by atoms with Crippen molar-refractivity contribution in [2.45, 2.75) is 13.5 Å². The van der Waals surface area contributed by atoms with Crippen LogP contribution in [-0.2, 0) is 16.1 Å². The lowest BCUT2D eigenvalue weighted by atomic mass is 10.2. The number of hydrogen-bond acceptors (Lipinski definition) is 7. The first-order valence-electron chi connectivity index (χ1n) is 9.32. The molecule has 158 valence electrons. The Morgan fingerprint density at radius 2 is 1.61 bits per heavy atom. The highest BCUT2D eigenvalue weighted by molar-refractivity contribution is 5.89. The molecule has 0 unspecified atom stereocenters. The predicted molar refractivity (Wildman–Crippen MR) is 111 cm³/mol. The minimum absolute atomic E-state index is 0.0303. The molecule has 8 nitrogen and oxygen atoms in total. The van der Waals surface area contributed by atoms with Crippen LogP contribution in [0.15, 0.2) is 72.8 Å². The van der Waals surface area contributed by atoms with Crippen LogP contribution in [-0.4, -0.2) is 23.5 Å². The Kier molecular flexibility index (Phi) is 6.95. The van der Waals surface area contributed by atoms with Crippen molar-refractivity contribution in [1.82, 2.24) is 0 Å². The van der Waals surface area contributed by atoms with E-state index in [1.54, 1.807) is 6.92 Å². The normalized spacial score (nSPS) is 10.2. The van der Waals surface area contributed by atoms with Crippen molar-refractivity contribution in [3.63, 3.8) is 0 Å². The van der Waals surface area contributed by atoms with Gasteiger partial charge in [0.25, 0.3) is 5.69 Å². The summed E-state index contributed by atoms with van der Waals surface area (Å²) in [7, 11) is 0. The van der Waals surface area contributed by atoms with Gasteiger partial charge in [-0.15, -0.1) is 0 Å². The molecular formula is C23H19NO7. The predicted octanol–water partition coefficient (Wildman–Crippen LogP) is 4.24. The number of rotatable bonds is 8. The fourth-order valence-corrected chi connectivity index (χ4v) is 2.69. The van der Waals surface area contributed by atoms with Crippen LogP contribution in [0.3, 0.4) is 0 Å². The van der Waals surface area contributed by atoms with Crippen LogP contribution in [0, 0.1) is 17.0 Å². The van der Waals surface area contributed by atoms with Gasteiger partial charge < -0.3 is 14.2 Å². The highest BCUT2D eigenvalue weighted by Crippen LogP contribution is 2.23.